The van der Waals surface area contributed by atoms with Crippen LogP contribution in [0.5, 0.6) is 0 Å². The molecule has 1 atom stereocenters. The number of urea groups is 1. The maximum atomic E-state index is 12.8. The van der Waals surface area contributed by atoms with Gasteiger partial charge in [0.2, 0.25) is 0 Å². The summed E-state index contributed by atoms with van der Waals surface area (Å²) in [5, 5.41) is 15.6. The van der Waals surface area contributed by atoms with E-state index in [0.29, 0.717) is 11.3 Å². The maximum Gasteiger partial charge on any atom is 0.334 e. The Kier molecular flexibility index (Phi) is 5.87. The van der Waals surface area contributed by atoms with E-state index in [1.807, 2.05) is 30.3 Å². The SMILES string of the molecule is CC(C)(C)C(NC(=O)Nc1ccc(-c2ccncc2)cc1)(C(=O)O)c1ccccc1. The highest BCUT2D eigenvalue weighted by Gasteiger charge is 2.51. The third-order valence-corrected chi connectivity index (χ3v) is 5.11. The lowest BCUT2D eigenvalue weighted by Crippen LogP contribution is -2.60. The van der Waals surface area contributed by atoms with Gasteiger partial charge >= 0.3 is 12.0 Å². The number of amides is 2. The van der Waals surface area contributed by atoms with E-state index < -0.39 is 23.0 Å². The molecule has 3 N–H and O–H groups in total. The highest BCUT2D eigenvalue weighted by atomic mass is 16.4. The van der Waals surface area contributed by atoms with Crippen LogP contribution < -0.4 is 10.6 Å². The molecule has 6 nitrogen and oxygen atoms in total. The van der Waals surface area contributed by atoms with Crippen molar-refractivity contribution in [2.45, 2.75) is 26.3 Å². The zero-order valence-electron chi connectivity index (χ0n) is 17.2. The summed E-state index contributed by atoms with van der Waals surface area (Å²) in [7, 11) is 0. The first-order chi connectivity index (χ1) is 14.2. The third-order valence-electron chi connectivity index (χ3n) is 5.11. The first-order valence-corrected chi connectivity index (χ1v) is 9.62. The second-order valence-electron chi connectivity index (χ2n) is 8.06. The number of carbonyl (C=O) groups is 2. The number of nitrogens with zero attached hydrogens (tertiary/aromatic N) is 1. The molecule has 154 valence electrons. The number of pyridine rings is 1. The Bertz CT molecular complexity index is 1010. The van der Waals surface area contributed by atoms with Crippen LogP contribution in [0.1, 0.15) is 26.3 Å². The van der Waals surface area contributed by atoms with Gasteiger partial charge in [-0.1, -0.05) is 63.2 Å². The molecule has 30 heavy (non-hydrogen) atoms. The van der Waals surface area contributed by atoms with Crippen molar-refractivity contribution in [3.63, 3.8) is 0 Å². The number of aliphatic carboxylic acids is 1. The summed E-state index contributed by atoms with van der Waals surface area (Å²) in [6, 6.07) is 19.3. The largest absolute Gasteiger partial charge is 0.479 e. The maximum absolute atomic E-state index is 12.8. The zero-order chi connectivity index (χ0) is 21.8. The monoisotopic (exact) mass is 403 g/mol. The van der Waals surface area contributed by atoms with Crippen LogP contribution in [0.2, 0.25) is 0 Å². The molecule has 0 aliphatic carbocycles. The number of aromatic nitrogens is 1. The van der Waals surface area contributed by atoms with Crippen LogP contribution in [0, 0.1) is 5.41 Å². The third kappa shape index (κ3) is 4.17. The lowest BCUT2D eigenvalue weighted by molar-refractivity contribution is -0.150. The van der Waals surface area contributed by atoms with Crippen molar-refractivity contribution < 1.29 is 14.7 Å². The lowest BCUT2D eigenvalue weighted by Gasteiger charge is -2.42. The van der Waals surface area contributed by atoms with E-state index in [4.69, 9.17) is 0 Å². The normalized spacial score (nSPS) is 13.2. The van der Waals surface area contributed by atoms with Gasteiger partial charge in [0.1, 0.15) is 0 Å². The van der Waals surface area contributed by atoms with Crippen LogP contribution >= 0.6 is 0 Å². The van der Waals surface area contributed by atoms with Gasteiger partial charge in [0.15, 0.2) is 5.54 Å². The van der Waals surface area contributed by atoms with Crippen LogP contribution in [0.15, 0.2) is 79.1 Å². The summed E-state index contributed by atoms with van der Waals surface area (Å²) < 4.78 is 0. The Balaban J connectivity index is 1.84. The summed E-state index contributed by atoms with van der Waals surface area (Å²) in [5.74, 6) is -1.12. The quantitative estimate of drug-likeness (QED) is 0.565. The van der Waals surface area contributed by atoms with Gasteiger partial charge in [-0.3, -0.25) is 4.98 Å². The van der Waals surface area contributed by atoms with Crippen LogP contribution in [0.25, 0.3) is 11.1 Å². The van der Waals surface area contributed by atoms with Gasteiger partial charge in [0.25, 0.3) is 0 Å². The minimum atomic E-state index is -1.60. The summed E-state index contributed by atoms with van der Waals surface area (Å²) in [4.78, 5) is 29.2. The second-order valence-corrected chi connectivity index (χ2v) is 8.06. The molecule has 1 heterocycles. The lowest BCUT2D eigenvalue weighted by atomic mass is 9.69. The molecule has 2 aromatic carbocycles. The van der Waals surface area contributed by atoms with Crippen molar-refractivity contribution in [2.75, 3.05) is 5.32 Å². The first kappa shape index (κ1) is 21.0. The molecule has 6 heteroatoms. The standard InChI is InChI=1S/C24H25N3O3/c1-23(2,3)24(21(28)29,19-7-5-4-6-8-19)27-22(30)26-20-11-9-17(10-12-20)18-13-15-25-16-14-18/h4-16H,1-3H3,(H,28,29)(H2,26,27,30). The Hall–Kier alpha value is -3.67. The van der Waals surface area contributed by atoms with Crippen LogP contribution in [0.3, 0.4) is 0 Å². The molecule has 0 fully saturated rings. The molecule has 1 unspecified atom stereocenters. The molecule has 1 aromatic heterocycles. The molecule has 3 rings (SSSR count). The van der Waals surface area contributed by atoms with Crippen LogP contribution in [-0.4, -0.2) is 22.1 Å². The Labute approximate surface area is 176 Å². The molecular formula is C24H25N3O3. The molecular weight excluding hydrogens is 378 g/mol. The van der Waals surface area contributed by atoms with Gasteiger partial charge in [-0.2, -0.15) is 0 Å². The van der Waals surface area contributed by atoms with E-state index in [0.717, 1.165) is 11.1 Å². The van der Waals surface area contributed by atoms with Gasteiger partial charge in [-0.15, -0.1) is 0 Å². The topological polar surface area (TPSA) is 91.3 Å². The molecule has 0 aliphatic heterocycles. The number of hydrogen-bond acceptors (Lipinski definition) is 3. The average Bonchev–Trinajstić information content (AvgIpc) is 2.72. The van der Waals surface area contributed by atoms with Crippen molar-refractivity contribution in [3.8, 4) is 11.1 Å². The van der Waals surface area contributed by atoms with E-state index in [-0.39, 0.29) is 0 Å². The number of carbonyl (C=O) groups excluding carboxylic acids is 1. The molecule has 0 bridgehead atoms. The summed E-state index contributed by atoms with van der Waals surface area (Å²) in [5.41, 5.74) is 0.683. The van der Waals surface area contributed by atoms with Crippen molar-refractivity contribution >= 4 is 17.7 Å². The number of nitrogens with one attached hydrogen (secondary N) is 2. The number of benzene rings is 2. The molecule has 3 aromatic rings. The van der Waals surface area contributed by atoms with Crippen molar-refractivity contribution in [3.05, 3.63) is 84.7 Å². The molecule has 2 amide bonds. The van der Waals surface area contributed by atoms with Gasteiger partial charge in [0.05, 0.1) is 0 Å². The summed E-state index contributed by atoms with van der Waals surface area (Å²) in [6.07, 6.45) is 3.44. The van der Waals surface area contributed by atoms with E-state index in [2.05, 4.69) is 15.6 Å². The molecule has 0 spiro atoms. The predicted octanol–water partition coefficient (Wildman–Crippen LogP) is 4.90. The summed E-state index contributed by atoms with van der Waals surface area (Å²) in [6.45, 7) is 5.37. The smallest absolute Gasteiger partial charge is 0.334 e. The van der Waals surface area contributed by atoms with Crippen LogP contribution in [-0.2, 0) is 10.3 Å². The van der Waals surface area contributed by atoms with Crippen molar-refractivity contribution in [1.29, 1.82) is 0 Å². The fourth-order valence-corrected chi connectivity index (χ4v) is 3.50. The highest BCUT2D eigenvalue weighted by molar-refractivity contribution is 5.95. The van der Waals surface area contributed by atoms with Gasteiger partial charge in [0, 0.05) is 23.5 Å². The van der Waals surface area contributed by atoms with E-state index in [1.54, 1.807) is 69.6 Å². The van der Waals surface area contributed by atoms with E-state index in [9.17, 15) is 14.7 Å². The number of carboxylic acids is 1. The van der Waals surface area contributed by atoms with Crippen LogP contribution in [0.4, 0.5) is 10.5 Å². The summed E-state index contributed by atoms with van der Waals surface area (Å²) >= 11 is 0. The Morgan fingerprint density at radius 2 is 1.40 bits per heavy atom. The zero-order valence-corrected chi connectivity index (χ0v) is 17.2. The van der Waals surface area contributed by atoms with Gasteiger partial charge in [-0.05, 0) is 41.0 Å². The highest BCUT2D eigenvalue weighted by Crippen LogP contribution is 2.40. The average molecular weight is 403 g/mol. The van der Waals surface area contributed by atoms with E-state index in [1.165, 1.54) is 0 Å². The molecule has 0 saturated heterocycles. The fraction of sp³-hybridized carbons (Fsp3) is 0.208. The van der Waals surface area contributed by atoms with Crippen molar-refractivity contribution in [1.82, 2.24) is 10.3 Å². The Morgan fingerprint density at radius 1 is 0.833 bits per heavy atom. The minimum Gasteiger partial charge on any atom is -0.479 e. The van der Waals surface area contributed by atoms with Gasteiger partial charge < -0.3 is 15.7 Å². The first-order valence-electron chi connectivity index (χ1n) is 9.62. The molecule has 0 aliphatic rings. The van der Waals surface area contributed by atoms with Gasteiger partial charge in [-0.25, -0.2) is 9.59 Å². The fourth-order valence-electron chi connectivity index (χ4n) is 3.50. The number of rotatable bonds is 5. The Morgan fingerprint density at radius 3 is 1.93 bits per heavy atom. The van der Waals surface area contributed by atoms with Crippen molar-refractivity contribution in [2.24, 2.45) is 5.41 Å². The minimum absolute atomic E-state index is 0.508. The number of anilines is 1. The molecule has 0 saturated carbocycles. The molecule has 0 radical (unpaired) electrons. The second kappa shape index (κ2) is 8.37. The van der Waals surface area contributed by atoms with E-state index >= 15 is 0 Å². The number of carboxylic acid groups (broad SMARTS) is 1. The predicted molar refractivity (Wildman–Crippen MR) is 117 cm³/mol. The number of hydrogen-bond donors (Lipinski definition) is 3.